The summed E-state index contributed by atoms with van der Waals surface area (Å²) in [5.41, 5.74) is 15.1. The monoisotopic (exact) mass is 850 g/mol. The van der Waals surface area contributed by atoms with Gasteiger partial charge in [-0.1, -0.05) is 109 Å². The maximum absolute atomic E-state index is 6.44. The van der Waals surface area contributed by atoms with Gasteiger partial charge >= 0.3 is 0 Å². The van der Waals surface area contributed by atoms with E-state index in [0.29, 0.717) is 0 Å². The van der Waals surface area contributed by atoms with E-state index >= 15 is 0 Å². The molecule has 0 N–H and O–H groups in total. The molecule has 0 amide bonds. The Morgan fingerprint density at radius 1 is 0.203 bits per heavy atom. The molecule has 0 aliphatic heterocycles. The zero-order valence-corrected chi connectivity index (χ0v) is 35.9. The summed E-state index contributed by atoms with van der Waals surface area (Å²) in [5.74, 6) is 0. The van der Waals surface area contributed by atoms with Crippen molar-refractivity contribution in [3.63, 3.8) is 0 Å². The quantitative estimate of drug-likeness (QED) is 0.172. The number of fused-ring (bicyclic) bond motifs is 12. The first-order valence-corrected chi connectivity index (χ1v) is 23.2. The molecule has 14 rings (SSSR count). The highest BCUT2D eigenvalue weighted by atomic mass is 32.1. The third-order valence-electron chi connectivity index (χ3n) is 13.0. The van der Waals surface area contributed by atoms with E-state index in [2.05, 4.69) is 182 Å². The van der Waals surface area contributed by atoms with Crippen LogP contribution in [0.25, 0.3) is 140 Å². The number of furan rings is 2. The number of para-hydroxylation sites is 2. The molecule has 4 aromatic heterocycles. The van der Waals surface area contributed by atoms with Gasteiger partial charge in [0.15, 0.2) is 0 Å². The van der Waals surface area contributed by atoms with Crippen molar-refractivity contribution in [3.8, 4) is 55.6 Å². The summed E-state index contributed by atoms with van der Waals surface area (Å²) >= 11 is 3.72. The molecule has 0 aliphatic carbocycles. The number of benzene rings is 10. The highest BCUT2D eigenvalue weighted by molar-refractivity contribution is 7.26. The molecule has 0 radical (unpaired) electrons. The van der Waals surface area contributed by atoms with Gasteiger partial charge in [0.2, 0.25) is 0 Å². The molecule has 64 heavy (non-hydrogen) atoms. The highest BCUT2D eigenvalue weighted by Crippen LogP contribution is 2.43. The van der Waals surface area contributed by atoms with Gasteiger partial charge < -0.3 is 8.83 Å². The number of rotatable bonds is 5. The average Bonchev–Trinajstić information content (AvgIpc) is 4.12. The van der Waals surface area contributed by atoms with Crippen LogP contribution in [0, 0.1) is 0 Å². The number of thiophene rings is 2. The topological polar surface area (TPSA) is 26.3 Å². The second-order valence-electron chi connectivity index (χ2n) is 16.8. The average molecular weight is 851 g/mol. The Kier molecular flexibility index (Phi) is 7.76. The van der Waals surface area contributed by atoms with Crippen molar-refractivity contribution in [2.75, 3.05) is 0 Å². The van der Waals surface area contributed by atoms with Crippen LogP contribution < -0.4 is 0 Å². The van der Waals surface area contributed by atoms with Gasteiger partial charge in [-0.25, -0.2) is 0 Å². The van der Waals surface area contributed by atoms with E-state index in [1.807, 2.05) is 46.9 Å². The molecule has 4 heteroatoms. The largest absolute Gasteiger partial charge is 0.456 e. The van der Waals surface area contributed by atoms with Crippen molar-refractivity contribution in [1.82, 2.24) is 0 Å². The Bertz CT molecular complexity index is 3680. The van der Waals surface area contributed by atoms with Crippen molar-refractivity contribution < 1.29 is 8.83 Å². The van der Waals surface area contributed by atoms with Crippen LogP contribution >= 0.6 is 22.7 Å². The van der Waals surface area contributed by atoms with Gasteiger partial charge in [-0.3, -0.25) is 0 Å². The molecule has 4 heterocycles. The Morgan fingerprint density at radius 2 is 0.500 bits per heavy atom. The summed E-state index contributed by atoms with van der Waals surface area (Å²) in [5, 5.41) is 9.73. The SMILES string of the molecule is c1ccc2c(c1)oc1cc(-c3cc(-c4cc(-c5ccc6c(c5)oc5ccccc56)cc(-c5ccc6c(c5)sc5ccccc56)c4)cc(-c4ccc5c(c4)sc4ccccc45)c3)ccc12. The van der Waals surface area contributed by atoms with Crippen LogP contribution in [0.4, 0.5) is 0 Å². The minimum absolute atomic E-state index is 0.888. The molecule has 0 aliphatic rings. The van der Waals surface area contributed by atoms with Crippen LogP contribution in [-0.2, 0) is 0 Å². The third kappa shape index (κ3) is 5.70. The van der Waals surface area contributed by atoms with Gasteiger partial charge in [0.1, 0.15) is 22.3 Å². The summed E-state index contributed by atoms with van der Waals surface area (Å²) in [6.07, 6.45) is 0. The summed E-state index contributed by atoms with van der Waals surface area (Å²) in [7, 11) is 0. The van der Waals surface area contributed by atoms with E-state index in [9.17, 15) is 0 Å². The van der Waals surface area contributed by atoms with Crippen molar-refractivity contribution >= 4 is 107 Å². The van der Waals surface area contributed by atoms with Crippen molar-refractivity contribution in [2.24, 2.45) is 0 Å². The van der Waals surface area contributed by atoms with Crippen LogP contribution in [0.3, 0.4) is 0 Å². The molecular weight excluding hydrogens is 817 g/mol. The first-order valence-electron chi connectivity index (χ1n) is 21.6. The van der Waals surface area contributed by atoms with Gasteiger partial charge in [0, 0.05) is 61.9 Å². The Morgan fingerprint density at radius 3 is 0.922 bits per heavy atom. The lowest BCUT2D eigenvalue weighted by atomic mass is 9.89. The van der Waals surface area contributed by atoms with Crippen LogP contribution in [-0.4, -0.2) is 0 Å². The second-order valence-corrected chi connectivity index (χ2v) is 19.0. The molecule has 0 fully saturated rings. The summed E-state index contributed by atoms with van der Waals surface area (Å²) in [6, 6.07) is 75.4. The van der Waals surface area contributed by atoms with Crippen LogP contribution in [0.1, 0.15) is 0 Å². The van der Waals surface area contributed by atoms with E-state index < -0.39 is 0 Å². The highest BCUT2D eigenvalue weighted by Gasteiger charge is 2.17. The van der Waals surface area contributed by atoms with E-state index in [-0.39, 0.29) is 0 Å². The Hall–Kier alpha value is -7.76. The van der Waals surface area contributed by atoms with E-state index in [4.69, 9.17) is 8.83 Å². The fourth-order valence-corrected chi connectivity index (χ4v) is 12.2. The van der Waals surface area contributed by atoms with E-state index in [1.54, 1.807) is 0 Å². The molecule has 0 saturated carbocycles. The van der Waals surface area contributed by atoms with Crippen molar-refractivity contribution in [2.45, 2.75) is 0 Å². The lowest BCUT2D eigenvalue weighted by molar-refractivity contribution is 0.668. The van der Waals surface area contributed by atoms with Crippen molar-refractivity contribution in [1.29, 1.82) is 0 Å². The number of hydrogen-bond donors (Lipinski definition) is 0. The zero-order chi connectivity index (χ0) is 41.9. The lowest BCUT2D eigenvalue weighted by Crippen LogP contribution is -1.89. The minimum atomic E-state index is 0.888. The molecule has 0 unspecified atom stereocenters. The molecular formula is C60H34O2S2. The molecule has 0 saturated heterocycles. The lowest BCUT2D eigenvalue weighted by Gasteiger charge is -2.15. The molecule has 0 spiro atoms. The molecule has 0 atom stereocenters. The molecule has 0 bridgehead atoms. The van der Waals surface area contributed by atoms with Crippen LogP contribution in [0.5, 0.6) is 0 Å². The summed E-state index contributed by atoms with van der Waals surface area (Å²) in [4.78, 5) is 0. The van der Waals surface area contributed by atoms with Gasteiger partial charge in [-0.15, -0.1) is 22.7 Å². The maximum Gasteiger partial charge on any atom is 0.136 e. The van der Waals surface area contributed by atoms with E-state index in [0.717, 1.165) is 77.3 Å². The zero-order valence-electron chi connectivity index (χ0n) is 34.3. The standard InChI is InChI=1S/C60H34O2S2/c1-5-13-53-45(9-1)47-21-17-35(31-55(47)61-53)39-25-41(37-19-23-51-49-11-3-7-15-57(49)63-59(51)33-37)29-43(27-39)44-28-40(36-18-22-48-46-10-2-6-14-54(46)62-56(48)32-36)26-42(30-44)38-20-24-52-50-12-4-8-16-58(50)64-60(52)34-38/h1-34H. The number of hydrogen-bond acceptors (Lipinski definition) is 4. The predicted molar refractivity (Wildman–Crippen MR) is 274 cm³/mol. The minimum Gasteiger partial charge on any atom is -0.456 e. The predicted octanol–water partition coefficient (Wildman–Crippen LogP) is 18.6. The van der Waals surface area contributed by atoms with Gasteiger partial charge in [0.05, 0.1) is 0 Å². The Labute approximate surface area is 375 Å². The van der Waals surface area contributed by atoms with Gasteiger partial charge in [0.25, 0.3) is 0 Å². The molecule has 10 aromatic carbocycles. The summed E-state index contributed by atoms with van der Waals surface area (Å²) < 4.78 is 18.1. The molecule has 298 valence electrons. The molecule has 14 aromatic rings. The first kappa shape index (κ1) is 35.8. The fraction of sp³-hybridized carbons (Fsp3) is 0. The normalized spacial score (nSPS) is 12.1. The van der Waals surface area contributed by atoms with Crippen LogP contribution in [0.2, 0.25) is 0 Å². The van der Waals surface area contributed by atoms with Crippen LogP contribution in [0.15, 0.2) is 215 Å². The smallest absolute Gasteiger partial charge is 0.136 e. The Balaban J connectivity index is 0.993. The van der Waals surface area contributed by atoms with Gasteiger partial charge in [-0.05, 0) is 153 Å². The fourth-order valence-electron chi connectivity index (χ4n) is 9.88. The third-order valence-corrected chi connectivity index (χ3v) is 15.3. The maximum atomic E-state index is 6.44. The van der Waals surface area contributed by atoms with E-state index in [1.165, 1.54) is 62.6 Å². The summed E-state index contributed by atoms with van der Waals surface area (Å²) in [6.45, 7) is 0. The van der Waals surface area contributed by atoms with Gasteiger partial charge in [-0.2, -0.15) is 0 Å². The first-order chi connectivity index (χ1) is 31.6. The second kappa shape index (κ2) is 13.9. The van der Waals surface area contributed by atoms with Crippen molar-refractivity contribution in [3.05, 3.63) is 206 Å². The molecule has 2 nitrogen and oxygen atoms in total.